The maximum atomic E-state index is 13.9. The molecule has 0 saturated heterocycles. The summed E-state index contributed by atoms with van der Waals surface area (Å²) >= 11 is 6.08. The highest BCUT2D eigenvalue weighted by Gasteiger charge is 2.44. The smallest absolute Gasteiger partial charge is 0.336 e. The average molecular weight is 603 g/mol. The minimum Gasteiger partial charge on any atom is -0.490 e. The number of nitro benzene ring substituents is 1. The number of nitro groups is 1. The van der Waals surface area contributed by atoms with E-state index in [1.165, 1.54) is 12.1 Å². The number of halogens is 1. The van der Waals surface area contributed by atoms with Crippen LogP contribution in [0.4, 0.5) is 5.69 Å². The number of benzene rings is 3. The van der Waals surface area contributed by atoms with E-state index in [1.54, 1.807) is 31.2 Å². The highest BCUT2D eigenvalue weighted by atomic mass is 35.5. The third kappa shape index (κ3) is 5.65. The lowest BCUT2D eigenvalue weighted by atomic mass is 9.71. The minimum atomic E-state index is -1.06. The lowest BCUT2D eigenvalue weighted by Crippen LogP contribution is -2.36. The third-order valence-electron chi connectivity index (χ3n) is 7.75. The normalized spacial score (nSPS) is 19.1. The summed E-state index contributed by atoms with van der Waals surface area (Å²) in [5.41, 5.74) is 2.25. The number of dihydropyridines is 1. The van der Waals surface area contributed by atoms with Crippen LogP contribution < -0.4 is 19.5 Å². The number of para-hydroxylation sites is 1. The number of allylic oxidation sites excluding steroid dienone is 3. The van der Waals surface area contributed by atoms with Crippen LogP contribution in [0, 0.1) is 10.1 Å². The van der Waals surface area contributed by atoms with Gasteiger partial charge in [0.25, 0.3) is 5.69 Å². The van der Waals surface area contributed by atoms with Crippen LogP contribution in [0.1, 0.15) is 42.7 Å². The third-order valence-corrected chi connectivity index (χ3v) is 8.00. The molecule has 3 aromatic rings. The quantitative estimate of drug-likeness (QED) is 0.144. The van der Waals surface area contributed by atoms with Gasteiger partial charge in [-0.05, 0) is 55.2 Å². The molecule has 220 valence electrons. The van der Waals surface area contributed by atoms with E-state index >= 15 is 0 Å². The topological polar surface area (TPSA) is 126 Å². The van der Waals surface area contributed by atoms with Gasteiger partial charge in [0.15, 0.2) is 17.3 Å². The van der Waals surface area contributed by atoms with Crippen molar-refractivity contribution < 1.29 is 33.5 Å². The number of ketones is 1. The fraction of sp³-hybridized carbons (Fsp3) is 0.250. The van der Waals surface area contributed by atoms with Crippen molar-refractivity contribution in [3.63, 3.8) is 0 Å². The van der Waals surface area contributed by atoms with Crippen molar-refractivity contribution in [2.24, 2.45) is 0 Å². The second-order valence-electron chi connectivity index (χ2n) is 10.4. The van der Waals surface area contributed by atoms with Crippen molar-refractivity contribution >= 4 is 29.0 Å². The molecule has 0 amide bonds. The lowest BCUT2D eigenvalue weighted by Gasteiger charge is -2.36. The van der Waals surface area contributed by atoms with Crippen LogP contribution in [-0.2, 0) is 14.3 Å². The van der Waals surface area contributed by atoms with E-state index in [0.717, 1.165) is 5.56 Å². The Bertz CT molecular complexity index is 1670. The van der Waals surface area contributed by atoms with E-state index in [-0.39, 0.29) is 60.7 Å². The highest BCUT2D eigenvalue weighted by Crippen LogP contribution is 2.50. The Morgan fingerprint density at radius 1 is 1.05 bits per heavy atom. The summed E-state index contributed by atoms with van der Waals surface area (Å²) in [5, 5.41) is 16.2. The van der Waals surface area contributed by atoms with E-state index in [2.05, 4.69) is 5.32 Å². The Morgan fingerprint density at radius 2 is 1.77 bits per heavy atom. The molecule has 0 spiro atoms. The molecule has 3 aliphatic rings. The van der Waals surface area contributed by atoms with E-state index in [4.69, 9.17) is 30.5 Å². The molecule has 2 unspecified atom stereocenters. The van der Waals surface area contributed by atoms with Crippen molar-refractivity contribution in [1.29, 1.82) is 0 Å². The Balaban J connectivity index is 1.37. The molecule has 1 aliphatic carbocycles. The first-order valence-electron chi connectivity index (χ1n) is 13.7. The van der Waals surface area contributed by atoms with Crippen molar-refractivity contribution in [2.45, 2.75) is 31.6 Å². The lowest BCUT2D eigenvalue weighted by molar-refractivity contribution is -0.385. The Kier molecular flexibility index (Phi) is 7.77. The number of carbonyl (C=O) groups is 2. The number of ether oxygens (including phenoxy) is 4. The SMILES string of the molecule is CC1=C(C(=O)OCCOc2ccccc2)C(c2cc3c(cc2[N+](=O)[O-])OCO3)C2=C(CC(c3ccc(Cl)cc3)CC2=O)N1. The molecule has 43 heavy (non-hydrogen) atoms. The van der Waals surface area contributed by atoms with Gasteiger partial charge >= 0.3 is 5.97 Å². The van der Waals surface area contributed by atoms with Crippen molar-refractivity contribution in [2.75, 3.05) is 20.0 Å². The van der Waals surface area contributed by atoms with Gasteiger partial charge in [-0.15, -0.1) is 0 Å². The molecule has 10 nitrogen and oxygen atoms in total. The van der Waals surface area contributed by atoms with Gasteiger partial charge in [0.05, 0.1) is 22.5 Å². The standard InChI is InChI=1S/C32H27ClN2O8/c1-18-29(32(37)41-12-11-40-22-5-3-2-4-6-22)30(23-15-27-28(43-17-42-27)16-25(23)35(38)39)31-24(34-18)13-20(14-26(31)36)19-7-9-21(33)10-8-19/h2-10,15-16,20,30,34H,11-14,17H2,1H3. The fourth-order valence-electron chi connectivity index (χ4n) is 5.82. The van der Waals surface area contributed by atoms with E-state index in [9.17, 15) is 19.7 Å². The molecule has 0 aromatic heterocycles. The molecule has 0 bridgehead atoms. The first-order valence-corrected chi connectivity index (χ1v) is 14.1. The van der Waals surface area contributed by atoms with Gasteiger partial charge in [0, 0.05) is 34.0 Å². The Labute approximate surface area is 252 Å². The monoisotopic (exact) mass is 602 g/mol. The molecular weight excluding hydrogens is 576 g/mol. The van der Waals surface area contributed by atoms with Gasteiger partial charge in [0.1, 0.15) is 19.0 Å². The van der Waals surface area contributed by atoms with Gasteiger partial charge in [-0.3, -0.25) is 14.9 Å². The Hall–Kier alpha value is -4.83. The van der Waals surface area contributed by atoms with Crippen LogP contribution in [0.3, 0.4) is 0 Å². The van der Waals surface area contributed by atoms with Gasteiger partial charge in [-0.2, -0.15) is 0 Å². The van der Waals surface area contributed by atoms with Gasteiger partial charge < -0.3 is 24.3 Å². The summed E-state index contributed by atoms with van der Waals surface area (Å²) in [6.07, 6.45) is 0.616. The molecule has 11 heteroatoms. The molecular formula is C32H27ClN2O8. The van der Waals surface area contributed by atoms with Gasteiger partial charge in [-0.1, -0.05) is 41.9 Å². The zero-order chi connectivity index (χ0) is 30.1. The number of Topliss-reactive ketones (excluding diaryl/α,β-unsaturated/α-hetero) is 1. The maximum Gasteiger partial charge on any atom is 0.336 e. The molecule has 0 fully saturated rings. The van der Waals surface area contributed by atoms with Crippen molar-refractivity contribution in [3.8, 4) is 17.2 Å². The van der Waals surface area contributed by atoms with E-state index in [1.807, 2.05) is 30.3 Å². The first kappa shape index (κ1) is 28.3. The largest absolute Gasteiger partial charge is 0.490 e. The van der Waals surface area contributed by atoms with Crippen molar-refractivity contribution in [3.05, 3.63) is 116 Å². The van der Waals surface area contributed by atoms with Gasteiger partial charge in [-0.25, -0.2) is 4.79 Å². The second-order valence-corrected chi connectivity index (χ2v) is 10.8. The molecule has 2 heterocycles. The number of nitrogens with one attached hydrogen (secondary N) is 1. The van der Waals surface area contributed by atoms with Crippen LogP contribution >= 0.6 is 11.6 Å². The van der Waals surface area contributed by atoms with Crippen LogP contribution in [0.2, 0.25) is 5.02 Å². The Morgan fingerprint density at radius 3 is 2.49 bits per heavy atom. The number of hydrogen-bond acceptors (Lipinski definition) is 9. The molecule has 6 rings (SSSR count). The number of nitrogens with zero attached hydrogens (tertiary/aromatic N) is 1. The highest BCUT2D eigenvalue weighted by molar-refractivity contribution is 6.30. The van der Waals surface area contributed by atoms with E-state index < -0.39 is 16.8 Å². The molecule has 2 atom stereocenters. The summed E-state index contributed by atoms with van der Waals surface area (Å²) in [6.45, 7) is 1.63. The average Bonchev–Trinajstić information content (AvgIpc) is 3.46. The zero-order valence-corrected chi connectivity index (χ0v) is 23.9. The maximum absolute atomic E-state index is 13.9. The summed E-state index contributed by atoms with van der Waals surface area (Å²) in [7, 11) is 0. The van der Waals surface area contributed by atoms with Crippen LogP contribution in [0.25, 0.3) is 0 Å². The predicted molar refractivity (Wildman–Crippen MR) is 156 cm³/mol. The number of fused-ring (bicyclic) bond motifs is 1. The van der Waals surface area contributed by atoms with E-state index in [0.29, 0.717) is 39.9 Å². The second kappa shape index (κ2) is 11.8. The van der Waals surface area contributed by atoms with Crippen molar-refractivity contribution in [1.82, 2.24) is 5.32 Å². The van der Waals surface area contributed by atoms with Crippen LogP contribution in [0.5, 0.6) is 17.2 Å². The predicted octanol–water partition coefficient (Wildman–Crippen LogP) is 5.96. The van der Waals surface area contributed by atoms with Crippen LogP contribution in [0.15, 0.2) is 89.3 Å². The zero-order valence-electron chi connectivity index (χ0n) is 23.1. The molecule has 1 N–H and O–H groups in total. The molecule has 3 aromatic carbocycles. The molecule has 0 radical (unpaired) electrons. The fourth-order valence-corrected chi connectivity index (χ4v) is 5.94. The first-order chi connectivity index (χ1) is 20.8. The summed E-state index contributed by atoms with van der Waals surface area (Å²) in [4.78, 5) is 39.4. The minimum absolute atomic E-state index is 0.0705. The molecule has 2 aliphatic heterocycles. The van der Waals surface area contributed by atoms with Crippen LogP contribution in [-0.4, -0.2) is 36.7 Å². The summed E-state index contributed by atoms with van der Waals surface area (Å²) in [6, 6.07) is 19.2. The molecule has 0 saturated carbocycles. The summed E-state index contributed by atoms with van der Waals surface area (Å²) < 4.78 is 22.2. The number of hydrogen-bond donors (Lipinski definition) is 1. The number of esters is 1. The van der Waals surface area contributed by atoms with Gasteiger partial charge in [0.2, 0.25) is 6.79 Å². The summed E-state index contributed by atoms with van der Waals surface area (Å²) in [5.74, 6) is -0.995. The number of rotatable bonds is 8. The number of carbonyl (C=O) groups excluding carboxylic acids is 2.